The third-order valence-electron chi connectivity index (χ3n) is 12.4. The molecule has 3 heteroatoms. The molecule has 0 N–H and O–H groups in total. The molecule has 10 rings (SSSR count). The summed E-state index contributed by atoms with van der Waals surface area (Å²) in [5.74, 6) is 1.22. The van der Waals surface area contributed by atoms with Crippen LogP contribution in [0.5, 0.6) is 0 Å². The smallest absolute Gasteiger partial charge is 0.0974 e. The van der Waals surface area contributed by atoms with E-state index in [2.05, 4.69) is 53.2 Å². The predicted octanol–water partition coefficient (Wildman–Crippen LogP) is 7.08. The van der Waals surface area contributed by atoms with Crippen LogP contribution >= 0.6 is 0 Å². The molecule has 4 aliphatic heterocycles. The molecule has 6 fully saturated rings. The monoisotopic (exact) mass is 478 g/mol. The molecule has 36 heavy (non-hydrogen) atoms. The highest BCUT2D eigenvalue weighted by molar-refractivity contribution is 5.82. The van der Waals surface area contributed by atoms with Crippen molar-refractivity contribution in [2.45, 2.75) is 113 Å². The van der Waals surface area contributed by atoms with Crippen molar-refractivity contribution in [3.8, 4) is 0 Å². The van der Waals surface area contributed by atoms with E-state index >= 15 is 0 Å². The summed E-state index contributed by atoms with van der Waals surface area (Å²) in [6, 6.07) is 11.8. The van der Waals surface area contributed by atoms with Gasteiger partial charge in [0.05, 0.1) is 11.2 Å². The zero-order valence-corrected chi connectivity index (χ0v) is 21.6. The fourth-order valence-corrected chi connectivity index (χ4v) is 10.7. The van der Waals surface area contributed by atoms with Crippen molar-refractivity contribution in [1.29, 1.82) is 0 Å². The van der Waals surface area contributed by atoms with E-state index in [1.807, 2.05) is 12.4 Å². The van der Waals surface area contributed by atoms with Crippen molar-refractivity contribution >= 4 is 10.8 Å². The number of allylic oxidation sites excluding steroid dienone is 1. The molecule has 4 aliphatic carbocycles. The number of hydrogen-bond acceptors (Lipinski definition) is 3. The van der Waals surface area contributed by atoms with Crippen molar-refractivity contribution in [2.24, 2.45) is 11.3 Å². The Balaban J connectivity index is 1.07. The van der Waals surface area contributed by atoms with Crippen LogP contribution in [0.1, 0.15) is 89.0 Å². The van der Waals surface area contributed by atoms with Crippen LogP contribution < -0.4 is 0 Å². The molecule has 4 bridgehead atoms. The van der Waals surface area contributed by atoms with Gasteiger partial charge in [-0.25, -0.2) is 0 Å². The van der Waals surface area contributed by atoms with Crippen molar-refractivity contribution in [3.05, 3.63) is 65.5 Å². The Morgan fingerprint density at radius 1 is 0.972 bits per heavy atom. The first kappa shape index (κ1) is 21.0. The molecule has 3 saturated heterocycles. The molecule has 5 heterocycles. The number of benzene rings is 1. The molecule has 0 radical (unpaired) electrons. The Labute approximate surface area is 215 Å². The number of aromatic nitrogens is 1. The normalized spacial score (nSPS) is 46.5. The first-order chi connectivity index (χ1) is 17.6. The third-order valence-corrected chi connectivity index (χ3v) is 12.4. The Bertz CT molecular complexity index is 1330. The van der Waals surface area contributed by atoms with Gasteiger partial charge in [0, 0.05) is 35.9 Å². The van der Waals surface area contributed by atoms with Gasteiger partial charge < -0.3 is 4.74 Å². The van der Waals surface area contributed by atoms with E-state index in [-0.39, 0.29) is 16.6 Å². The maximum absolute atomic E-state index is 7.58. The third kappa shape index (κ3) is 2.50. The maximum atomic E-state index is 7.58. The molecular weight excluding hydrogens is 440 g/mol. The number of nitrogens with zero attached hydrogens (tertiary/aromatic N) is 2. The van der Waals surface area contributed by atoms with E-state index in [9.17, 15) is 0 Å². The second-order valence-corrected chi connectivity index (χ2v) is 13.7. The Kier molecular flexibility index (Phi) is 4.03. The summed E-state index contributed by atoms with van der Waals surface area (Å²) in [5, 5.41) is 2.58. The van der Waals surface area contributed by atoms with Crippen LogP contribution in [0, 0.1) is 11.3 Å². The standard InChI is InChI=1S/C33H38N2O/c1-31-12-10-25-17-24-4-5-28(35-26-6-7-27(35)18-26)19-32(24)13-14-33(25,36-32)30(31)9-8-29(31)22-3-2-21-11-15-34-20-23(21)16-22/h2-3,10-11,15-17,20,26-30H,4-9,12-14,18-19H2,1H3/t26?,27?,28?,29?,30-,31?,32-,33-/m1/s1. The Morgan fingerprint density at radius 2 is 1.89 bits per heavy atom. The summed E-state index contributed by atoms with van der Waals surface area (Å²) in [6.07, 6.45) is 23.7. The van der Waals surface area contributed by atoms with Gasteiger partial charge in [0.2, 0.25) is 0 Å². The molecule has 3 nitrogen and oxygen atoms in total. The molecule has 8 aliphatic rings. The average molecular weight is 479 g/mol. The van der Waals surface area contributed by atoms with Gasteiger partial charge in [-0.1, -0.05) is 31.2 Å². The van der Waals surface area contributed by atoms with E-state index < -0.39 is 0 Å². The van der Waals surface area contributed by atoms with Gasteiger partial charge in [-0.2, -0.15) is 0 Å². The summed E-state index contributed by atoms with van der Waals surface area (Å²) >= 11 is 0. The van der Waals surface area contributed by atoms with Crippen LogP contribution in [0.4, 0.5) is 0 Å². The van der Waals surface area contributed by atoms with Crippen LogP contribution in [0.25, 0.3) is 10.8 Å². The van der Waals surface area contributed by atoms with Crippen molar-refractivity contribution < 1.29 is 4.74 Å². The van der Waals surface area contributed by atoms with E-state index in [1.165, 1.54) is 87.0 Å². The lowest BCUT2D eigenvalue weighted by molar-refractivity contribution is -0.146. The van der Waals surface area contributed by atoms with E-state index in [0.717, 1.165) is 18.1 Å². The molecule has 5 unspecified atom stereocenters. The fraction of sp³-hybridized carbons (Fsp3) is 0.606. The first-order valence-electron chi connectivity index (χ1n) is 14.8. The summed E-state index contributed by atoms with van der Waals surface area (Å²) in [4.78, 5) is 7.33. The molecule has 1 aromatic heterocycles. The highest BCUT2D eigenvalue weighted by Crippen LogP contribution is 2.69. The Morgan fingerprint density at radius 3 is 2.78 bits per heavy atom. The van der Waals surface area contributed by atoms with Gasteiger partial charge in [-0.15, -0.1) is 0 Å². The number of pyridine rings is 1. The van der Waals surface area contributed by atoms with Gasteiger partial charge in [-0.05, 0) is 122 Å². The molecule has 186 valence electrons. The summed E-state index contributed by atoms with van der Waals surface area (Å²) in [6.45, 7) is 2.60. The van der Waals surface area contributed by atoms with Gasteiger partial charge in [0.1, 0.15) is 0 Å². The predicted molar refractivity (Wildman–Crippen MR) is 143 cm³/mol. The summed E-state index contributed by atoms with van der Waals surface area (Å²) in [5.41, 5.74) is 4.96. The van der Waals surface area contributed by atoms with Gasteiger partial charge in [0.25, 0.3) is 0 Å². The fourth-order valence-electron chi connectivity index (χ4n) is 10.7. The second-order valence-electron chi connectivity index (χ2n) is 13.7. The highest BCUT2D eigenvalue weighted by Gasteiger charge is 2.67. The number of rotatable bonds is 2. The zero-order chi connectivity index (χ0) is 23.7. The average Bonchev–Trinajstić information content (AvgIpc) is 3.66. The van der Waals surface area contributed by atoms with E-state index in [0.29, 0.717) is 11.8 Å². The molecule has 2 spiro atoms. The molecule has 2 aromatic rings. The molecule has 0 amide bonds. The number of fused-ring (bicyclic) bond motifs is 3. The lowest BCUT2D eigenvalue weighted by atomic mass is 9.58. The van der Waals surface area contributed by atoms with Crippen LogP contribution in [0.2, 0.25) is 0 Å². The van der Waals surface area contributed by atoms with Crippen LogP contribution in [0.15, 0.2) is 60.0 Å². The van der Waals surface area contributed by atoms with Crippen molar-refractivity contribution in [3.63, 3.8) is 0 Å². The van der Waals surface area contributed by atoms with Crippen molar-refractivity contribution in [1.82, 2.24) is 9.88 Å². The van der Waals surface area contributed by atoms with E-state index in [4.69, 9.17) is 4.74 Å². The van der Waals surface area contributed by atoms with Gasteiger partial charge in [-0.3, -0.25) is 9.88 Å². The van der Waals surface area contributed by atoms with E-state index in [1.54, 1.807) is 11.1 Å². The van der Waals surface area contributed by atoms with Crippen LogP contribution in [-0.2, 0) is 4.74 Å². The van der Waals surface area contributed by atoms with Crippen molar-refractivity contribution in [2.75, 3.05) is 0 Å². The molecule has 1 aromatic carbocycles. The minimum absolute atomic E-state index is 0.0280. The van der Waals surface area contributed by atoms with Gasteiger partial charge >= 0.3 is 0 Å². The lowest BCUT2D eigenvalue weighted by Crippen LogP contribution is -2.59. The highest BCUT2D eigenvalue weighted by atomic mass is 16.5. The Hall–Kier alpha value is -1.97. The number of ether oxygens (including phenoxy) is 1. The molecule has 8 atom stereocenters. The minimum Gasteiger partial charge on any atom is -0.359 e. The van der Waals surface area contributed by atoms with Crippen LogP contribution in [-0.4, -0.2) is 39.2 Å². The second kappa shape index (κ2) is 6.91. The maximum Gasteiger partial charge on any atom is 0.0974 e. The first-order valence-corrected chi connectivity index (χ1v) is 14.8. The molecule has 3 saturated carbocycles. The number of hydrogen-bond donors (Lipinski definition) is 0. The minimum atomic E-state index is -0.0422. The molecular formula is C33H38N2O. The lowest BCUT2D eigenvalue weighted by Gasteiger charge is -2.56. The SMILES string of the molecule is CC12CC=C3C=C4CCC(N5C6CCC5C6)C[C@]45CC[C@]3(O5)[C@@H]1CCC2c1ccc2ccncc2c1. The largest absolute Gasteiger partial charge is 0.359 e. The summed E-state index contributed by atoms with van der Waals surface area (Å²) in [7, 11) is 0. The zero-order valence-electron chi connectivity index (χ0n) is 21.6. The van der Waals surface area contributed by atoms with Gasteiger partial charge in [0.15, 0.2) is 0 Å². The van der Waals surface area contributed by atoms with Crippen LogP contribution in [0.3, 0.4) is 0 Å². The quantitative estimate of drug-likeness (QED) is 0.461. The summed E-state index contributed by atoms with van der Waals surface area (Å²) < 4.78 is 7.58. The topological polar surface area (TPSA) is 25.4 Å².